The molecule has 1 aromatic heterocycles. The Morgan fingerprint density at radius 1 is 1.03 bits per heavy atom. The van der Waals surface area contributed by atoms with Gasteiger partial charge >= 0.3 is 5.97 Å². The number of amides is 1. The number of carbonyl (C=O) groups excluding carboxylic acids is 1. The van der Waals surface area contributed by atoms with Crippen molar-refractivity contribution in [1.82, 2.24) is 10.3 Å². The number of rotatable bonds is 8. The number of aryl methyl sites for hydroxylation is 1. The van der Waals surface area contributed by atoms with Crippen molar-refractivity contribution in [3.05, 3.63) is 94.5 Å². The molecule has 7 heteroatoms. The van der Waals surface area contributed by atoms with E-state index in [9.17, 15) is 9.59 Å². The first kappa shape index (κ1) is 23.8. The third kappa shape index (κ3) is 5.19. The van der Waals surface area contributed by atoms with Crippen LogP contribution in [0.4, 0.5) is 0 Å². The Labute approximate surface area is 213 Å². The second-order valence-electron chi connectivity index (χ2n) is 8.89. The predicted octanol–water partition coefficient (Wildman–Crippen LogP) is 6.22. The van der Waals surface area contributed by atoms with E-state index in [0.717, 1.165) is 45.5 Å². The number of halogens is 1. The van der Waals surface area contributed by atoms with Crippen LogP contribution in [-0.4, -0.2) is 28.6 Å². The topological polar surface area (TPSA) is 88.5 Å². The second-order valence-corrected chi connectivity index (χ2v) is 9.32. The third-order valence-electron chi connectivity index (χ3n) is 6.37. The van der Waals surface area contributed by atoms with Crippen LogP contribution in [0.2, 0.25) is 5.02 Å². The molecule has 0 saturated heterocycles. The van der Waals surface area contributed by atoms with Crippen molar-refractivity contribution < 1.29 is 19.4 Å². The molecule has 0 spiro atoms. The van der Waals surface area contributed by atoms with Crippen LogP contribution in [-0.2, 0) is 11.2 Å². The number of carboxylic acids is 1. The number of fused-ring (bicyclic) bond motifs is 2. The zero-order valence-corrected chi connectivity index (χ0v) is 20.3. The number of benzene rings is 3. The highest BCUT2D eigenvalue weighted by Gasteiger charge is 2.25. The summed E-state index contributed by atoms with van der Waals surface area (Å²) in [5, 5.41) is 13.6. The minimum Gasteiger partial charge on any atom is -0.491 e. The molecular formula is C29H25ClN2O4. The Kier molecular flexibility index (Phi) is 6.87. The summed E-state index contributed by atoms with van der Waals surface area (Å²) in [7, 11) is 0. The number of hydrogen-bond acceptors (Lipinski definition) is 4. The summed E-state index contributed by atoms with van der Waals surface area (Å²) < 4.78 is 5.69. The van der Waals surface area contributed by atoms with Crippen molar-refractivity contribution >= 4 is 34.4 Å². The first-order valence-corrected chi connectivity index (χ1v) is 12.3. The van der Waals surface area contributed by atoms with Gasteiger partial charge in [0.1, 0.15) is 12.4 Å². The molecule has 1 unspecified atom stereocenters. The van der Waals surface area contributed by atoms with Crippen LogP contribution >= 0.6 is 11.6 Å². The van der Waals surface area contributed by atoms with Gasteiger partial charge in [-0.1, -0.05) is 41.9 Å². The van der Waals surface area contributed by atoms with Gasteiger partial charge < -0.3 is 15.2 Å². The highest BCUT2D eigenvalue weighted by atomic mass is 35.5. The number of aromatic nitrogens is 1. The van der Waals surface area contributed by atoms with Crippen molar-refractivity contribution in [3.63, 3.8) is 0 Å². The molecule has 1 atom stereocenters. The van der Waals surface area contributed by atoms with E-state index < -0.39 is 5.97 Å². The minimum absolute atomic E-state index is 0.135. The van der Waals surface area contributed by atoms with Crippen molar-refractivity contribution in [2.75, 3.05) is 6.61 Å². The maximum absolute atomic E-state index is 13.1. The molecule has 4 aromatic rings. The minimum atomic E-state index is -0.796. The molecule has 0 fully saturated rings. The summed E-state index contributed by atoms with van der Waals surface area (Å²) in [6.07, 6.45) is 2.12. The largest absolute Gasteiger partial charge is 0.491 e. The van der Waals surface area contributed by atoms with E-state index in [2.05, 4.69) is 11.4 Å². The lowest BCUT2D eigenvalue weighted by molar-refractivity contribution is -0.137. The predicted molar refractivity (Wildman–Crippen MR) is 140 cm³/mol. The number of pyridine rings is 1. The number of hydrogen-bond donors (Lipinski definition) is 2. The van der Waals surface area contributed by atoms with E-state index in [1.165, 1.54) is 0 Å². The Hall–Kier alpha value is -3.90. The van der Waals surface area contributed by atoms with Gasteiger partial charge in [-0.05, 0) is 67.3 Å². The van der Waals surface area contributed by atoms with Crippen molar-refractivity contribution in [3.8, 4) is 17.0 Å². The van der Waals surface area contributed by atoms with E-state index in [0.29, 0.717) is 30.0 Å². The maximum atomic E-state index is 13.1. The molecule has 0 bridgehead atoms. The molecule has 0 radical (unpaired) electrons. The van der Waals surface area contributed by atoms with Gasteiger partial charge in [0.2, 0.25) is 0 Å². The summed E-state index contributed by atoms with van der Waals surface area (Å²) in [5.74, 6) is -0.171. The normalized spacial score (nSPS) is 14.3. The fourth-order valence-electron chi connectivity index (χ4n) is 4.53. The monoisotopic (exact) mass is 500 g/mol. The molecular weight excluding hydrogens is 476 g/mol. The highest BCUT2D eigenvalue weighted by Crippen LogP contribution is 2.32. The number of ether oxygens (including phenoxy) is 1. The SMILES string of the molecule is O=C(O)CCCCc1cc2cc(C(=O)NC3COc4ccccc43)ccc2nc1-c1ccc(Cl)cc1. The Morgan fingerprint density at radius 2 is 1.83 bits per heavy atom. The second kappa shape index (κ2) is 10.4. The average molecular weight is 501 g/mol. The smallest absolute Gasteiger partial charge is 0.303 e. The summed E-state index contributed by atoms with van der Waals surface area (Å²) >= 11 is 6.08. The van der Waals surface area contributed by atoms with Crippen LogP contribution in [0.25, 0.3) is 22.2 Å². The van der Waals surface area contributed by atoms with Gasteiger partial charge in [0.05, 0.1) is 17.3 Å². The molecule has 2 heterocycles. The van der Waals surface area contributed by atoms with Gasteiger partial charge in [-0.2, -0.15) is 0 Å². The number of nitrogens with zero attached hydrogens (tertiary/aromatic N) is 1. The van der Waals surface area contributed by atoms with E-state index in [1.54, 1.807) is 6.07 Å². The van der Waals surface area contributed by atoms with Crippen LogP contribution in [0.3, 0.4) is 0 Å². The quantitative estimate of drug-likeness (QED) is 0.280. The van der Waals surface area contributed by atoms with Crippen LogP contribution in [0, 0.1) is 0 Å². The Bertz CT molecular complexity index is 1440. The van der Waals surface area contributed by atoms with Gasteiger partial charge in [0.15, 0.2) is 0 Å². The molecule has 1 aliphatic heterocycles. The lowest BCUT2D eigenvalue weighted by atomic mass is 9.98. The van der Waals surface area contributed by atoms with Crippen LogP contribution in [0.15, 0.2) is 72.8 Å². The molecule has 3 aromatic carbocycles. The number of unbranched alkanes of at least 4 members (excludes halogenated alkanes) is 1. The number of para-hydroxylation sites is 1. The third-order valence-corrected chi connectivity index (χ3v) is 6.62. The standard InChI is InChI=1S/C29H25ClN2O4/c30-22-12-9-18(10-13-22)28-19(5-1-4-8-27(33)34)15-21-16-20(11-14-24(21)31-28)29(35)32-25-17-36-26-7-3-2-6-23(25)26/h2-3,6-7,9-16,25H,1,4-5,8,17H2,(H,32,35)(H,33,34). The van der Waals surface area contributed by atoms with Gasteiger partial charge in [-0.25, -0.2) is 4.98 Å². The fourth-order valence-corrected chi connectivity index (χ4v) is 4.65. The summed E-state index contributed by atoms with van der Waals surface area (Å²) in [5.41, 5.74) is 5.09. The van der Waals surface area contributed by atoms with Crippen molar-refractivity contribution in [2.45, 2.75) is 31.7 Å². The van der Waals surface area contributed by atoms with E-state index in [4.69, 9.17) is 26.4 Å². The van der Waals surface area contributed by atoms with Crippen LogP contribution < -0.4 is 10.1 Å². The van der Waals surface area contributed by atoms with Gasteiger partial charge in [0, 0.05) is 33.5 Å². The molecule has 2 N–H and O–H groups in total. The van der Waals surface area contributed by atoms with Crippen molar-refractivity contribution in [1.29, 1.82) is 0 Å². The van der Waals surface area contributed by atoms with Crippen LogP contribution in [0.5, 0.6) is 5.75 Å². The summed E-state index contributed by atoms with van der Waals surface area (Å²) in [4.78, 5) is 28.9. The molecule has 1 aliphatic rings. The Balaban J connectivity index is 1.43. The molecule has 6 nitrogen and oxygen atoms in total. The first-order valence-electron chi connectivity index (χ1n) is 11.9. The molecule has 1 amide bonds. The molecule has 182 valence electrons. The van der Waals surface area contributed by atoms with E-state index in [1.807, 2.05) is 60.7 Å². The van der Waals surface area contributed by atoms with E-state index in [-0.39, 0.29) is 18.4 Å². The number of nitrogens with one attached hydrogen (secondary N) is 1. The van der Waals surface area contributed by atoms with Gasteiger partial charge in [0.25, 0.3) is 5.91 Å². The summed E-state index contributed by atoms with van der Waals surface area (Å²) in [6, 6.07) is 22.6. The molecule has 5 rings (SSSR count). The number of carbonyl (C=O) groups is 2. The Morgan fingerprint density at radius 3 is 2.64 bits per heavy atom. The van der Waals surface area contributed by atoms with Crippen LogP contribution in [0.1, 0.15) is 46.8 Å². The lowest BCUT2D eigenvalue weighted by Crippen LogP contribution is -2.29. The molecule has 36 heavy (non-hydrogen) atoms. The van der Waals surface area contributed by atoms with Gasteiger partial charge in [-0.15, -0.1) is 0 Å². The maximum Gasteiger partial charge on any atom is 0.303 e. The summed E-state index contributed by atoms with van der Waals surface area (Å²) in [6.45, 7) is 0.408. The van der Waals surface area contributed by atoms with Gasteiger partial charge in [-0.3, -0.25) is 9.59 Å². The molecule has 0 aliphatic carbocycles. The molecule has 0 saturated carbocycles. The lowest BCUT2D eigenvalue weighted by Gasteiger charge is -2.14. The zero-order chi connectivity index (χ0) is 25.1. The highest BCUT2D eigenvalue weighted by molar-refractivity contribution is 6.30. The fraction of sp³-hybridized carbons (Fsp3) is 0.207. The average Bonchev–Trinajstić information content (AvgIpc) is 3.29. The van der Waals surface area contributed by atoms with Crippen molar-refractivity contribution in [2.24, 2.45) is 0 Å². The first-order chi connectivity index (χ1) is 17.5. The number of aliphatic carboxylic acids is 1. The zero-order valence-electron chi connectivity index (χ0n) is 19.5. The van der Waals surface area contributed by atoms with E-state index >= 15 is 0 Å². The number of carboxylic acid groups (broad SMARTS) is 1.